The van der Waals surface area contributed by atoms with E-state index in [2.05, 4.69) is 16.0 Å². The zero-order valence-electron chi connectivity index (χ0n) is 14.4. The van der Waals surface area contributed by atoms with Crippen LogP contribution in [-0.2, 0) is 6.54 Å². The lowest BCUT2D eigenvalue weighted by Crippen LogP contribution is -2.24. The minimum Gasteiger partial charge on any atom is -0.257 e. The molecule has 2 aromatic carbocycles. The Morgan fingerprint density at radius 1 is 1.15 bits per heavy atom. The lowest BCUT2D eigenvalue weighted by Gasteiger charge is -2.09. The zero-order valence-corrected chi connectivity index (χ0v) is 14.4. The van der Waals surface area contributed by atoms with Gasteiger partial charge in [-0.3, -0.25) is 10.9 Å². The quantitative estimate of drug-likeness (QED) is 0.750. The average Bonchev–Trinajstić information content (AvgIpc) is 3.25. The third kappa shape index (κ3) is 3.18. The Labute approximate surface area is 150 Å². The highest BCUT2D eigenvalue weighted by Gasteiger charge is 2.17. The molecule has 7 heteroatoms. The highest BCUT2D eigenvalue weighted by Crippen LogP contribution is 2.18. The van der Waals surface area contributed by atoms with E-state index in [9.17, 15) is 9.18 Å². The second-order valence-electron chi connectivity index (χ2n) is 6.50. The fourth-order valence-corrected chi connectivity index (χ4v) is 3.32. The maximum Gasteiger partial charge on any atom is 0.350 e. The summed E-state index contributed by atoms with van der Waals surface area (Å²) in [5.74, 6) is 0.708. The van der Waals surface area contributed by atoms with E-state index < -0.39 is 0 Å². The van der Waals surface area contributed by atoms with Crippen LogP contribution in [0.25, 0.3) is 5.69 Å². The third-order valence-electron chi connectivity index (χ3n) is 4.67. The van der Waals surface area contributed by atoms with Gasteiger partial charge in [0.2, 0.25) is 0 Å². The highest BCUT2D eigenvalue weighted by molar-refractivity contribution is 5.37. The molecular formula is C19H20FN5O. The van der Waals surface area contributed by atoms with Crippen LogP contribution in [0.3, 0.4) is 0 Å². The number of benzene rings is 2. The molecule has 1 fully saturated rings. The van der Waals surface area contributed by atoms with Gasteiger partial charge in [-0.1, -0.05) is 24.3 Å². The van der Waals surface area contributed by atoms with Crippen LogP contribution >= 0.6 is 0 Å². The molecule has 1 aliphatic heterocycles. The molecular weight excluding hydrogens is 333 g/mol. The van der Waals surface area contributed by atoms with E-state index in [1.807, 2.05) is 24.3 Å². The smallest absolute Gasteiger partial charge is 0.257 e. The minimum absolute atomic E-state index is 0.233. The lowest BCUT2D eigenvalue weighted by atomic mass is 10.0. The van der Waals surface area contributed by atoms with E-state index in [4.69, 9.17) is 0 Å². The molecule has 1 saturated heterocycles. The van der Waals surface area contributed by atoms with Crippen LogP contribution in [0.4, 0.5) is 4.39 Å². The van der Waals surface area contributed by atoms with Crippen LogP contribution in [0, 0.1) is 12.7 Å². The first-order chi connectivity index (χ1) is 12.6. The molecule has 1 aromatic heterocycles. The highest BCUT2D eigenvalue weighted by atomic mass is 19.1. The predicted molar refractivity (Wildman–Crippen MR) is 96.8 cm³/mol. The van der Waals surface area contributed by atoms with Gasteiger partial charge in [-0.2, -0.15) is 5.10 Å². The molecule has 6 nitrogen and oxygen atoms in total. The molecule has 0 bridgehead atoms. The Hall–Kier alpha value is -2.77. The van der Waals surface area contributed by atoms with E-state index in [0.717, 1.165) is 18.8 Å². The van der Waals surface area contributed by atoms with Crippen molar-refractivity contribution in [2.24, 2.45) is 0 Å². The van der Waals surface area contributed by atoms with Gasteiger partial charge in [-0.15, -0.1) is 0 Å². The van der Waals surface area contributed by atoms with Crippen LogP contribution in [0.1, 0.15) is 22.9 Å². The summed E-state index contributed by atoms with van der Waals surface area (Å²) in [4.78, 5) is 12.8. The first-order valence-corrected chi connectivity index (χ1v) is 8.59. The largest absolute Gasteiger partial charge is 0.350 e. The monoisotopic (exact) mass is 353 g/mol. The number of nitrogens with zero attached hydrogens (tertiary/aromatic N) is 3. The van der Waals surface area contributed by atoms with Gasteiger partial charge in [0.1, 0.15) is 11.6 Å². The van der Waals surface area contributed by atoms with Crippen LogP contribution in [0.15, 0.2) is 53.3 Å². The van der Waals surface area contributed by atoms with Crippen molar-refractivity contribution in [1.29, 1.82) is 0 Å². The molecule has 0 spiro atoms. The molecule has 0 amide bonds. The second kappa shape index (κ2) is 6.86. The Kier molecular flexibility index (Phi) is 4.40. The zero-order chi connectivity index (χ0) is 18.1. The van der Waals surface area contributed by atoms with Crippen molar-refractivity contribution in [3.8, 4) is 5.69 Å². The van der Waals surface area contributed by atoms with Crippen molar-refractivity contribution >= 4 is 0 Å². The van der Waals surface area contributed by atoms with E-state index in [-0.39, 0.29) is 18.1 Å². The van der Waals surface area contributed by atoms with Crippen molar-refractivity contribution < 1.29 is 4.39 Å². The normalized spacial score (nSPS) is 14.8. The molecule has 0 saturated carbocycles. The van der Waals surface area contributed by atoms with Gasteiger partial charge in [-0.05, 0) is 42.3 Å². The van der Waals surface area contributed by atoms with Crippen LogP contribution in [0.5, 0.6) is 0 Å². The number of rotatable bonds is 4. The van der Waals surface area contributed by atoms with Crippen molar-refractivity contribution in [3.05, 3.63) is 81.8 Å². The Morgan fingerprint density at radius 3 is 2.58 bits per heavy atom. The van der Waals surface area contributed by atoms with Gasteiger partial charge in [-0.25, -0.2) is 18.4 Å². The predicted octanol–water partition coefficient (Wildman–Crippen LogP) is 1.72. The summed E-state index contributed by atoms with van der Waals surface area (Å²) < 4.78 is 16.3. The van der Waals surface area contributed by atoms with Gasteiger partial charge >= 0.3 is 5.69 Å². The number of hydrogen-bond acceptors (Lipinski definition) is 4. The Bertz CT molecular complexity index is 970. The lowest BCUT2D eigenvalue weighted by molar-refractivity contribution is 0.614. The van der Waals surface area contributed by atoms with Crippen LogP contribution in [0.2, 0.25) is 0 Å². The summed E-state index contributed by atoms with van der Waals surface area (Å²) >= 11 is 0. The fraction of sp³-hybridized carbons (Fsp3) is 0.263. The van der Waals surface area contributed by atoms with Crippen LogP contribution in [-0.4, -0.2) is 27.4 Å². The van der Waals surface area contributed by atoms with Gasteiger partial charge in [0.25, 0.3) is 0 Å². The molecule has 2 N–H and O–H groups in total. The molecule has 2 heterocycles. The SMILES string of the molecule is Cc1nn(Cc2cccc(F)c2)c(=O)n1-c1ccc(C2CNNC2)cc1. The first kappa shape index (κ1) is 16.7. The fourth-order valence-electron chi connectivity index (χ4n) is 3.32. The van der Waals surface area contributed by atoms with Crippen molar-refractivity contribution in [3.63, 3.8) is 0 Å². The number of hydrazine groups is 1. The molecule has 134 valence electrons. The number of aromatic nitrogens is 3. The van der Waals surface area contributed by atoms with Crippen molar-refractivity contribution in [1.82, 2.24) is 25.2 Å². The topological polar surface area (TPSA) is 63.9 Å². The maximum atomic E-state index is 13.4. The van der Waals surface area contributed by atoms with E-state index in [0.29, 0.717) is 17.3 Å². The van der Waals surface area contributed by atoms with Crippen LogP contribution < -0.4 is 16.5 Å². The average molecular weight is 353 g/mol. The van der Waals surface area contributed by atoms with Crippen molar-refractivity contribution in [2.75, 3.05) is 13.1 Å². The van der Waals surface area contributed by atoms with Crippen molar-refractivity contribution in [2.45, 2.75) is 19.4 Å². The third-order valence-corrected chi connectivity index (χ3v) is 4.67. The van der Waals surface area contributed by atoms with Gasteiger partial charge in [0.15, 0.2) is 0 Å². The number of halogens is 1. The first-order valence-electron chi connectivity index (χ1n) is 8.59. The molecule has 3 aromatic rings. The standard InChI is InChI=1S/C19H20FN5O/c1-13-23-24(12-14-3-2-4-17(20)9-14)19(26)25(13)18-7-5-15(6-8-18)16-10-21-22-11-16/h2-9,16,21-22H,10-12H2,1H3. The summed E-state index contributed by atoms with van der Waals surface area (Å²) in [6.07, 6.45) is 0. The van der Waals surface area contributed by atoms with Gasteiger partial charge < -0.3 is 0 Å². The maximum absolute atomic E-state index is 13.4. The molecule has 26 heavy (non-hydrogen) atoms. The number of hydrogen-bond donors (Lipinski definition) is 2. The molecule has 0 radical (unpaired) electrons. The molecule has 1 aliphatic rings. The molecule has 0 unspecified atom stereocenters. The van der Waals surface area contributed by atoms with E-state index >= 15 is 0 Å². The molecule has 0 aliphatic carbocycles. The Morgan fingerprint density at radius 2 is 1.88 bits per heavy atom. The summed E-state index contributed by atoms with van der Waals surface area (Å²) in [5, 5.41) is 4.34. The minimum atomic E-state index is -0.321. The summed E-state index contributed by atoms with van der Waals surface area (Å²) in [6, 6.07) is 14.2. The summed E-state index contributed by atoms with van der Waals surface area (Å²) in [5.41, 5.74) is 8.71. The summed E-state index contributed by atoms with van der Waals surface area (Å²) in [6.45, 7) is 3.82. The van der Waals surface area contributed by atoms with Gasteiger partial charge in [0, 0.05) is 19.0 Å². The van der Waals surface area contributed by atoms with Gasteiger partial charge in [0.05, 0.1) is 12.2 Å². The number of aryl methyl sites for hydroxylation is 1. The van der Waals surface area contributed by atoms with E-state index in [1.165, 1.54) is 22.4 Å². The molecule has 0 atom stereocenters. The second-order valence-corrected chi connectivity index (χ2v) is 6.50. The van der Waals surface area contributed by atoms with E-state index in [1.54, 1.807) is 23.6 Å². The number of nitrogens with one attached hydrogen (secondary N) is 2. The summed E-state index contributed by atoms with van der Waals surface area (Å²) in [7, 11) is 0. The Balaban J connectivity index is 1.63. The molecule has 4 rings (SSSR count).